The molecule has 0 amide bonds. The average Bonchev–Trinajstić information content (AvgIpc) is 2.65. The van der Waals surface area contributed by atoms with E-state index in [1.807, 2.05) is 12.4 Å². The van der Waals surface area contributed by atoms with Gasteiger partial charge >= 0.3 is 0 Å². The van der Waals surface area contributed by atoms with Gasteiger partial charge in [0.25, 0.3) is 5.78 Å². The van der Waals surface area contributed by atoms with Gasteiger partial charge in [-0.25, -0.2) is 9.97 Å². The summed E-state index contributed by atoms with van der Waals surface area (Å²) in [5.74, 6) is 1.81. The number of fused-ring (bicyclic) bond motifs is 1. The molecule has 0 saturated carbocycles. The van der Waals surface area contributed by atoms with Gasteiger partial charge < -0.3 is 4.90 Å². The summed E-state index contributed by atoms with van der Waals surface area (Å²) in [5, 5.41) is 4.98. The summed E-state index contributed by atoms with van der Waals surface area (Å²) in [4.78, 5) is 11.5. The van der Waals surface area contributed by atoms with Gasteiger partial charge in [0.2, 0.25) is 0 Å². The van der Waals surface area contributed by atoms with Crippen molar-refractivity contribution in [2.45, 2.75) is 17.1 Å². The standard InChI is InChI=1S/C10H23B8N5/c1-4-5(11)6(23-8(19-4)20-7(12)21-23)22(2-9(13,14)15)3-10(16,17)18/h2-3,11-18H2,1H3. The molecule has 2 aromatic heterocycles. The maximum absolute atomic E-state index is 4.60. The minimum atomic E-state index is 0.191. The zero-order valence-electron chi connectivity index (χ0n) is 16.2. The summed E-state index contributed by atoms with van der Waals surface area (Å²) in [7, 11) is 17.7. The predicted octanol–water partition coefficient (Wildman–Crippen LogP) is -8.30. The molecule has 0 atom stereocenters. The first-order valence-corrected chi connectivity index (χ1v) is 8.33. The summed E-state index contributed by atoms with van der Waals surface area (Å²) in [5.41, 5.74) is 2.96. The molecule has 0 saturated heterocycles. The van der Waals surface area contributed by atoms with Crippen LogP contribution in [0.5, 0.6) is 0 Å². The van der Waals surface area contributed by atoms with Gasteiger partial charge in [0, 0.05) is 18.8 Å². The quantitative estimate of drug-likeness (QED) is 0.515. The van der Waals surface area contributed by atoms with Crippen molar-refractivity contribution in [2.75, 3.05) is 18.0 Å². The molecule has 2 rings (SSSR count). The summed E-state index contributed by atoms with van der Waals surface area (Å²) in [6.45, 7) is 3.97. The van der Waals surface area contributed by atoms with Gasteiger partial charge in [0.1, 0.15) is 19.4 Å². The third-order valence-electron chi connectivity index (χ3n) is 3.67. The van der Waals surface area contributed by atoms with Crippen molar-refractivity contribution in [2.24, 2.45) is 0 Å². The molecule has 0 radical (unpaired) electrons. The lowest BCUT2D eigenvalue weighted by Gasteiger charge is -2.37. The zero-order valence-corrected chi connectivity index (χ0v) is 16.2. The van der Waals surface area contributed by atoms with E-state index in [1.54, 1.807) is 0 Å². The van der Waals surface area contributed by atoms with Crippen molar-refractivity contribution >= 4 is 85.6 Å². The summed E-state index contributed by atoms with van der Waals surface area (Å²) in [6.07, 6.45) is 0. The number of aromatic nitrogens is 4. The Balaban J connectivity index is 2.65. The highest BCUT2D eigenvalue weighted by molar-refractivity contribution is 6.60. The number of nitrogens with zero attached hydrogens (tertiary/aromatic N) is 5. The maximum Gasteiger partial charge on any atom is 0.253 e. The normalized spacial score (nSPS) is 12.6. The first-order valence-electron chi connectivity index (χ1n) is 8.33. The third-order valence-corrected chi connectivity index (χ3v) is 3.67. The second-order valence-electron chi connectivity index (χ2n) is 8.99. The molecule has 2 heterocycles. The number of aryl methyl sites for hydroxylation is 1. The lowest BCUT2D eigenvalue weighted by Crippen LogP contribution is -2.44. The second kappa shape index (κ2) is 6.06. The van der Waals surface area contributed by atoms with Gasteiger partial charge in [-0.2, -0.15) is 9.61 Å². The van der Waals surface area contributed by atoms with E-state index >= 15 is 0 Å². The van der Waals surface area contributed by atoms with Crippen molar-refractivity contribution in [1.82, 2.24) is 19.6 Å². The van der Waals surface area contributed by atoms with E-state index in [9.17, 15) is 0 Å². The lowest BCUT2D eigenvalue weighted by molar-refractivity contribution is 0.749. The van der Waals surface area contributed by atoms with Gasteiger partial charge in [-0.15, -0.1) is 0 Å². The first-order chi connectivity index (χ1) is 10.4. The van der Waals surface area contributed by atoms with Gasteiger partial charge in [-0.1, -0.05) is 10.2 Å². The third kappa shape index (κ3) is 4.45. The van der Waals surface area contributed by atoms with Crippen LogP contribution in [0.25, 0.3) is 5.78 Å². The minimum Gasteiger partial charge on any atom is -0.360 e. The van der Waals surface area contributed by atoms with E-state index in [4.69, 9.17) is 0 Å². The topological polar surface area (TPSA) is 46.3 Å². The average molecular weight is 300 g/mol. The van der Waals surface area contributed by atoms with E-state index in [1.165, 1.54) is 5.46 Å². The molecular weight excluding hydrogens is 277 g/mol. The highest BCUT2D eigenvalue weighted by atomic mass is 15.4. The number of anilines is 1. The van der Waals surface area contributed by atoms with Crippen LogP contribution in [0.1, 0.15) is 5.69 Å². The van der Waals surface area contributed by atoms with E-state index in [2.05, 4.69) is 81.8 Å². The number of hydrogen-bond acceptors (Lipinski definition) is 4. The molecule has 23 heavy (non-hydrogen) atoms. The van der Waals surface area contributed by atoms with Gasteiger partial charge in [-0.05, 0) is 12.4 Å². The fourth-order valence-corrected chi connectivity index (χ4v) is 2.89. The zero-order chi connectivity index (χ0) is 17.6. The molecule has 13 heteroatoms. The summed E-state index contributed by atoms with van der Waals surface area (Å²) >= 11 is 0. The first kappa shape index (κ1) is 18.2. The van der Waals surface area contributed by atoms with Crippen LogP contribution in [0, 0.1) is 6.92 Å². The van der Waals surface area contributed by atoms with E-state index in [0.29, 0.717) is 5.78 Å². The Labute approximate surface area is 146 Å². The molecular formula is C10H23B8N5. The minimum absolute atomic E-state index is 0.191. The number of hydrogen-bond donors (Lipinski definition) is 0. The smallest absolute Gasteiger partial charge is 0.253 e. The Bertz CT molecular complexity index is 703. The van der Waals surface area contributed by atoms with Crippen LogP contribution >= 0.6 is 0 Å². The molecule has 0 bridgehead atoms. The molecule has 0 unspecified atom stereocenters. The van der Waals surface area contributed by atoms with E-state index in [0.717, 1.165) is 30.3 Å². The second-order valence-corrected chi connectivity index (χ2v) is 8.99. The molecule has 0 aliphatic carbocycles. The van der Waals surface area contributed by atoms with Crippen LogP contribution in [0.15, 0.2) is 0 Å². The molecule has 0 fully saturated rings. The molecule has 0 aliphatic rings. The SMILES string of the molecule is Bc1nc2nc(C)c(B)c(N(CC(B)(B)B)CC(B)(B)B)n2n1. The predicted molar refractivity (Wildman–Crippen MR) is 121 cm³/mol. The molecule has 112 valence electrons. The number of rotatable bonds is 5. The Kier molecular flexibility index (Phi) is 4.80. The van der Waals surface area contributed by atoms with Gasteiger partial charge in [0.05, 0.1) is 47.1 Å². The molecule has 0 aromatic carbocycles. The largest absolute Gasteiger partial charge is 0.360 e. The van der Waals surface area contributed by atoms with E-state index < -0.39 is 0 Å². The summed E-state index contributed by atoms with van der Waals surface area (Å²) in [6, 6.07) is 0. The Hall–Kier alpha value is -1.13. The van der Waals surface area contributed by atoms with Gasteiger partial charge in [0.15, 0.2) is 7.85 Å². The fourth-order valence-electron chi connectivity index (χ4n) is 2.89. The molecule has 0 N–H and O–H groups in total. The lowest BCUT2D eigenvalue weighted by atomic mass is 9.41. The van der Waals surface area contributed by atoms with Crippen molar-refractivity contribution in [3.63, 3.8) is 0 Å². The highest BCUT2D eigenvalue weighted by Crippen LogP contribution is 2.23. The highest BCUT2D eigenvalue weighted by Gasteiger charge is 2.26. The van der Waals surface area contributed by atoms with Crippen molar-refractivity contribution in [3.05, 3.63) is 5.69 Å². The Morgan fingerprint density at radius 1 is 0.957 bits per heavy atom. The van der Waals surface area contributed by atoms with Crippen LogP contribution in [-0.4, -0.2) is 95.4 Å². The molecule has 2 aromatic rings. The van der Waals surface area contributed by atoms with Crippen molar-refractivity contribution in [3.8, 4) is 0 Å². The monoisotopic (exact) mass is 301 g/mol. The van der Waals surface area contributed by atoms with Crippen LogP contribution < -0.4 is 16.1 Å². The van der Waals surface area contributed by atoms with Crippen molar-refractivity contribution in [1.29, 1.82) is 0 Å². The van der Waals surface area contributed by atoms with Crippen molar-refractivity contribution < 1.29 is 0 Å². The summed E-state index contributed by atoms with van der Waals surface area (Å²) < 4.78 is 1.91. The van der Waals surface area contributed by atoms with Gasteiger partial charge in [-0.3, -0.25) is 0 Å². The molecule has 5 nitrogen and oxygen atoms in total. The van der Waals surface area contributed by atoms with Crippen LogP contribution in [-0.2, 0) is 0 Å². The fraction of sp³-hybridized carbons (Fsp3) is 0.500. The molecule has 0 aliphatic heterocycles. The Morgan fingerprint density at radius 3 is 1.96 bits per heavy atom. The maximum atomic E-state index is 4.60. The Morgan fingerprint density at radius 2 is 1.48 bits per heavy atom. The van der Waals surface area contributed by atoms with Crippen LogP contribution in [0.2, 0.25) is 10.2 Å². The molecule has 0 spiro atoms. The van der Waals surface area contributed by atoms with Crippen LogP contribution in [0.3, 0.4) is 0 Å². The van der Waals surface area contributed by atoms with E-state index in [-0.39, 0.29) is 10.2 Å². The van der Waals surface area contributed by atoms with Crippen LogP contribution in [0.4, 0.5) is 5.82 Å².